The highest BCUT2D eigenvalue weighted by molar-refractivity contribution is 6.74. The van der Waals surface area contributed by atoms with Crippen LogP contribution >= 0.6 is 0 Å². The van der Waals surface area contributed by atoms with E-state index in [1.165, 1.54) is 0 Å². The van der Waals surface area contributed by atoms with Crippen LogP contribution in [0.5, 0.6) is 0 Å². The minimum absolute atomic E-state index is 0.0205. The summed E-state index contributed by atoms with van der Waals surface area (Å²) in [6, 6.07) is 0. The van der Waals surface area contributed by atoms with E-state index in [0.29, 0.717) is 0 Å². The van der Waals surface area contributed by atoms with Crippen LogP contribution in [0.1, 0.15) is 34.1 Å². The second-order valence-electron chi connectivity index (χ2n) is 6.54. The molecule has 0 saturated heterocycles. The van der Waals surface area contributed by atoms with Crippen LogP contribution < -0.4 is 16.2 Å². The van der Waals surface area contributed by atoms with E-state index in [2.05, 4.69) is 36.9 Å². The van der Waals surface area contributed by atoms with Crippen LogP contribution in [0.3, 0.4) is 0 Å². The molecule has 0 bridgehead atoms. The standard InChI is InChI=1S/C13H27N3O5Si/c1-9(21-22(5,6)13(2,3)4)11(18)16-15-10(17)7-8-14-12(19)20/h9,14H,7-8H2,1-6H3,(H,15,17)(H,16,18)(H,19,20)/t9-/m1/s1. The Morgan fingerprint density at radius 1 is 1.18 bits per heavy atom. The molecule has 0 rings (SSSR count). The van der Waals surface area contributed by atoms with Gasteiger partial charge in [-0.15, -0.1) is 0 Å². The van der Waals surface area contributed by atoms with Crippen molar-refractivity contribution in [2.45, 2.75) is 58.4 Å². The summed E-state index contributed by atoms with van der Waals surface area (Å²) in [7, 11) is -2.07. The lowest BCUT2D eigenvalue weighted by Crippen LogP contribution is -2.51. The number of hydrogen-bond acceptors (Lipinski definition) is 4. The molecule has 0 radical (unpaired) electrons. The number of hydrogen-bond donors (Lipinski definition) is 4. The first-order valence-corrected chi connectivity index (χ1v) is 10.0. The van der Waals surface area contributed by atoms with Crippen molar-refractivity contribution in [2.75, 3.05) is 6.54 Å². The summed E-state index contributed by atoms with van der Waals surface area (Å²) < 4.78 is 5.89. The largest absolute Gasteiger partial charge is 0.465 e. The fraction of sp³-hybridized carbons (Fsp3) is 0.769. The highest BCUT2D eigenvalue weighted by atomic mass is 28.4. The summed E-state index contributed by atoms with van der Waals surface area (Å²) in [5.74, 6) is -0.925. The van der Waals surface area contributed by atoms with Gasteiger partial charge in [0, 0.05) is 13.0 Å². The van der Waals surface area contributed by atoms with Crippen LogP contribution in [0.25, 0.3) is 0 Å². The van der Waals surface area contributed by atoms with E-state index in [1.807, 2.05) is 13.1 Å². The molecule has 0 unspecified atom stereocenters. The normalized spacial score (nSPS) is 13.2. The second-order valence-corrected chi connectivity index (χ2v) is 11.3. The number of carboxylic acid groups (broad SMARTS) is 1. The third-order valence-electron chi connectivity index (χ3n) is 3.60. The molecule has 9 heteroatoms. The van der Waals surface area contributed by atoms with Crippen molar-refractivity contribution in [3.8, 4) is 0 Å². The third kappa shape index (κ3) is 7.41. The van der Waals surface area contributed by atoms with Crippen LogP contribution in [0, 0.1) is 0 Å². The van der Waals surface area contributed by atoms with E-state index in [9.17, 15) is 14.4 Å². The molecule has 0 aromatic rings. The molecule has 0 aromatic heterocycles. The Morgan fingerprint density at radius 2 is 1.73 bits per heavy atom. The molecule has 0 heterocycles. The second kappa shape index (κ2) is 8.13. The van der Waals surface area contributed by atoms with E-state index in [0.717, 1.165) is 0 Å². The van der Waals surface area contributed by atoms with Crippen LogP contribution in [0.15, 0.2) is 0 Å². The molecule has 0 aromatic carbocycles. The minimum atomic E-state index is -2.07. The first kappa shape index (κ1) is 20.4. The zero-order valence-electron chi connectivity index (χ0n) is 14.1. The summed E-state index contributed by atoms with van der Waals surface area (Å²) in [4.78, 5) is 33.5. The summed E-state index contributed by atoms with van der Waals surface area (Å²) in [5, 5.41) is 10.4. The number of amides is 3. The average Bonchev–Trinajstić information content (AvgIpc) is 2.33. The third-order valence-corrected chi connectivity index (χ3v) is 8.16. The lowest BCUT2D eigenvalue weighted by molar-refractivity contribution is -0.133. The fourth-order valence-electron chi connectivity index (χ4n) is 1.25. The van der Waals surface area contributed by atoms with Crippen molar-refractivity contribution in [2.24, 2.45) is 0 Å². The molecule has 1 atom stereocenters. The zero-order chi connectivity index (χ0) is 17.6. The Balaban J connectivity index is 4.21. The van der Waals surface area contributed by atoms with E-state index in [-0.39, 0.29) is 18.0 Å². The van der Waals surface area contributed by atoms with Gasteiger partial charge in [-0.25, -0.2) is 4.79 Å². The fourth-order valence-corrected chi connectivity index (χ4v) is 2.60. The molecule has 128 valence electrons. The van der Waals surface area contributed by atoms with Gasteiger partial charge in [0.15, 0.2) is 8.32 Å². The van der Waals surface area contributed by atoms with Gasteiger partial charge in [-0.3, -0.25) is 20.4 Å². The van der Waals surface area contributed by atoms with Crippen LogP contribution in [0.4, 0.5) is 4.79 Å². The van der Waals surface area contributed by atoms with Gasteiger partial charge in [-0.2, -0.15) is 0 Å². The summed E-state index contributed by atoms with van der Waals surface area (Å²) in [5.41, 5.74) is 4.50. The van der Waals surface area contributed by atoms with Gasteiger partial charge in [0.1, 0.15) is 6.10 Å². The summed E-state index contributed by atoms with van der Waals surface area (Å²) in [6.07, 6.45) is -1.95. The monoisotopic (exact) mass is 333 g/mol. The lowest BCUT2D eigenvalue weighted by Gasteiger charge is -2.37. The maximum absolute atomic E-state index is 11.9. The van der Waals surface area contributed by atoms with Gasteiger partial charge in [0.2, 0.25) is 5.91 Å². The minimum Gasteiger partial charge on any atom is -0.465 e. The van der Waals surface area contributed by atoms with Crippen molar-refractivity contribution >= 4 is 26.2 Å². The van der Waals surface area contributed by atoms with Gasteiger partial charge >= 0.3 is 6.09 Å². The average molecular weight is 333 g/mol. The quantitative estimate of drug-likeness (QED) is 0.430. The maximum atomic E-state index is 11.9. The maximum Gasteiger partial charge on any atom is 0.404 e. The lowest BCUT2D eigenvalue weighted by atomic mass is 10.2. The summed E-state index contributed by atoms with van der Waals surface area (Å²) >= 11 is 0. The Labute approximate surface area is 132 Å². The van der Waals surface area contributed by atoms with Crippen LogP contribution in [-0.4, -0.2) is 44.0 Å². The zero-order valence-corrected chi connectivity index (χ0v) is 15.1. The van der Waals surface area contributed by atoms with Crippen molar-refractivity contribution in [1.29, 1.82) is 0 Å². The molecule has 3 amide bonds. The number of rotatable bonds is 6. The molecule has 0 fully saturated rings. The predicted molar refractivity (Wildman–Crippen MR) is 84.7 cm³/mol. The number of nitrogens with one attached hydrogen (secondary N) is 3. The van der Waals surface area contributed by atoms with Gasteiger partial charge < -0.3 is 14.8 Å². The first-order valence-electron chi connectivity index (χ1n) is 7.10. The van der Waals surface area contributed by atoms with E-state index >= 15 is 0 Å². The van der Waals surface area contributed by atoms with Crippen molar-refractivity contribution < 1.29 is 23.9 Å². The molecular weight excluding hydrogens is 306 g/mol. The van der Waals surface area contributed by atoms with Crippen molar-refractivity contribution in [3.63, 3.8) is 0 Å². The van der Waals surface area contributed by atoms with Gasteiger partial charge in [0.05, 0.1) is 0 Å². The smallest absolute Gasteiger partial charge is 0.404 e. The van der Waals surface area contributed by atoms with E-state index < -0.39 is 32.3 Å². The molecule has 0 aliphatic heterocycles. The molecule has 0 aliphatic rings. The Kier molecular flexibility index (Phi) is 7.54. The van der Waals surface area contributed by atoms with E-state index in [4.69, 9.17) is 9.53 Å². The first-order chi connectivity index (χ1) is 9.86. The van der Waals surface area contributed by atoms with Crippen molar-refractivity contribution in [3.05, 3.63) is 0 Å². The topological polar surface area (TPSA) is 117 Å². The van der Waals surface area contributed by atoms with Crippen LogP contribution in [0.2, 0.25) is 18.1 Å². The van der Waals surface area contributed by atoms with Crippen molar-refractivity contribution in [1.82, 2.24) is 16.2 Å². The van der Waals surface area contributed by atoms with E-state index in [1.54, 1.807) is 6.92 Å². The highest BCUT2D eigenvalue weighted by Crippen LogP contribution is 2.37. The Hall–Kier alpha value is -1.61. The Morgan fingerprint density at radius 3 is 2.18 bits per heavy atom. The number of carbonyl (C=O) groups excluding carboxylic acids is 2. The molecule has 22 heavy (non-hydrogen) atoms. The molecular formula is C13H27N3O5Si. The highest BCUT2D eigenvalue weighted by Gasteiger charge is 2.39. The molecule has 0 saturated carbocycles. The predicted octanol–water partition coefficient (Wildman–Crippen LogP) is 1.20. The molecule has 8 nitrogen and oxygen atoms in total. The molecule has 0 aliphatic carbocycles. The number of hydrazine groups is 1. The molecule has 4 N–H and O–H groups in total. The van der Waals surface area contributed by atoms with Gasteiger partial charge in [-0.05, 0) is 25.1 Å². The Bertz CT molecular complexity index is 420. The SMILES string of the molecule is C[C@@H](O[Si](C)(C)C(C)(C)C)C(=O)NNC(=O)CCNC(=O)O. The number of carbonyl (C=O) groups is 3. The molecule has 0 spiro atoms. The summed E-state index contributed by atoms with van der Waals surface area (Å²) in [6.45, 7) is 11.9. The van der Waals surface area contributed by atoms with Crippen LogP contribution in [-0.2, 0) is 14.0 Å². The van der Waals surface area contributed by atoms with Gasteiger partial charge in [-0.1, -0.05) is 20.8 Å². The van der Waals surface area contributed by atoms with Gasteiger partial charge in [0.25, 0.3) is 5.91 Å².